The number of esters is 3. The second-order valence-corrected chi connectivity index (χ2v) is 6.42. The topological polar surface area (TPSA) is 78.9 Å². The third-order valence-electron chi connectivity index (χ3n) is 4.44. The average Bonchev–Trinajstić information content (AvgIpc) is 2.73. The summed E-state index contributed by atoms with van der Waals surface area (Å²) in [6, 6.07) is 14.8. The van der Waals surface area contributed by atoms with Gasteiger partial charge in [-0.3, -0.25) is 4.79 Å². The molecule has 0 fully saturated rings. The van der Waals surface area contributed by atoms with E-state index in [1.807, 2.05) is 42.5 Å². The first-order valence-corrected chi connectivity index (χ1v) is 9.65. The molecule has 0 aliphatic rings. The number of benzene rings is 3. The van der Waals surface area contributed by atoms with E-state index in [1.165, 1.54) is 6.92 Å². The highest BCUT2D eigenvalue weighted by molar-refractivity contribution is 6.28. The molecule has 0 aliphatic heterocycles. The molecule has 0 heterocycles. The Morgan fingerprint density at radius 2 is 1.33 bits per heavy atom. The molecule has 0 atom stereocenters. The maximum absolute atomic E-state index is 12.9. The van der Waals surface area contributed by atoms with E-state index >= 15 is 0 Å². The lowest BCUT2D eigenvalue weighted by Gasteiger charge is -2.18. The first kappa shape index (κ1) is 21.0. The third kappa shape index (κ3) is 4.17. The SMILES string of the molecule is CCOC(=O)/C=C(/C(=O)OCC)c1c(OC(C)=O)c2ccccc2c2ccccc12. The van der Waals surface area contributed by atoms with E-state index in [4.69, 9.17) is 14.2 Å². The van der Waals surface area contributed by atoms with Crippen LogP contribution in [0.25, 0.3) is 27.1 Å². The molecule has 3 aromatic rings. The second kappa shape index (κ2) is 9.22. The predicted molar refractivity (Wildman–Crippen MR) is 114 cm³/mol. The van der Waals surface area contributed by atoms with Crippen molar-refractivity contribution < 1.29 is 28.6 Å². The molecule has 30 heavy (non-hydrogen) atoms. The van der Waals surface area contributed by atoms with Crippen LogP contribution in [0.2, 0.25) is 0 Å². The molecule has 0 N–H and O–H groups in total. The molecule has 0 saturated heterocycles. The lowest BCUT2D eigenvalue weighted by molar-refractivity contribution is -0.139. The molecule has 6 nitrogen and oxygen atoms in total. The van der Waals surface area contributed by atoms with Gasteiger partial charge in [0.05, 0.1) is 18.8 Å². The molecule has 154 valence electrons. The maximum atomic E-state index is 12.9. The Kier molecular flexibility index (Phi) is 6.47. The quantitative estimate of drug-likeness (QED) is 0.261. The molecule has 0 amide bonds. The van der Waals surface area contributed by atoms with Gasteiger partial charge < -0.3 is 14.2 Å². The number of carbonyl (C=O) groups is 3. The summed E-state index contributed by atoms with van der Waals surface area (Å²) in [5.41, 5.74) is 0.277. The molecule has 0 unspecified atom stereocenters. The fourth-order valence-corrected chi connectivity index (χ4v) is 3.37. The maximum Gasteiger partial charge on any atom is 0.339 e. The van der Waals surface area contributed by atoms with Crippen LogP contribution in [0.15, 0.2) is 54.6 Å². The van der Waals surface area contributed by atoms with Gasteiger partial charge in [-0.05, 0) is 30.0 Å². The Balaban J connectivity index is 2.46. The largest absolute Gasteiger partial charge is 0.463 e. The van der Waals surface area contributed by atoms with Crippen LogP contribution in [0.3, 0.4) is 0 Å². The van der Waals surface area contributed by atoms with Gasteiger partial charge in [-0.1, -0.05) is 48.5 Å². The zero-order valence-electron chi connectivity index (χ0n) is 17.1. The minimum atomic E-state index is -0.709. The second-order valence-electron chi connectivity index (χ2n) is 6.42. The lowest BCUT2D eigenvalue weighted by atomic mass is 9.91. The van der Waals surface area contributed by atoms with Crippen LogP contribution < -0.4 is 4.74 Å². The molecule has 0 aliphatic carbocycles. The highest BCUT2D eigenvalue weighted by atomic mass is 16.5. The van der Waals surface area contributed by atoms with Crippen molar-refractivity contribution in [3.8, 4) is 5.75 Å². The van der Waals surface area contributed by atoms with Crippen LogP contribution in [0.1, 0.15) is 26.3 Å². The van der Waals surface area contributed by atoms with Crippen LogP contribution in [-0.2, 0) is 23.9 Å². The van der Waals surface area contributed by atoms with Crippen molar-refractivity contribution in [3.05, 3.63) is 60.2 Å². The van der Waals surface area contributed by atoms with Crippen molar-refractivity contribution in [1.29, 1.82) is 0 Å². The van der Waals surface area contributed by atoms with Crippen molar-refractivity contribution in [1.82, 2.24) is 0 Å². The minimum Gasteiger partial charge on any atom is -0.463 e. The Morgan fingerprint density at radius 3 is 1.90 bits per heavy atom. The van der Waals surface area contributed by atoms with Crippen molar-refractivity contribution in [2.24, 2.45) is 0 Å². The van der Waals surface area contributed by atoms with Gasteiger partial charge in [-0.25, -0.2) is 9.59 Å². The Labute approximate surface area is 174 Å². The van der Waals surface area contributed by atoms with E-state index in [2.05, 4.69) is 0 Å². The summed E-state index contributed by atoms with van der Waals surface area (Å²) < 4.78 is 15.8. The molecule has 0 saturated carbocycles. The molecular formula is C24H22O6. The van der Waals surface area contributed by atoms with Crippen LogP contribution in [0.5, 0.6) is 5.75 Å². The summed E-state index contributed by atoms with van der Waals surface area (Å²) in [5.74, 6) is -1.75. The molecule has 0 bridgehead atoms. The average molecular weight is 406 g/mol. The molecule has 0 radical (unpaired) electrons. The smallest absolute Gasteiger partial charge is 0.339 e. The van der Waals surface area contributed by atoms with Crippen molar-refractivity contribution in [2.75, 3.05) is 13.2 Å². The molecular weight excluding hydrogens is 384 g/mol. The summed E-state index contributed by atoms with van der Waals surface area (Å²) in [6.07, 6.45) is 1.09. The number of rotatable bonds is 6. The molecule has 0 aromatic heterocycles. The summed E-state index contributed by atoms with van der Waals surface area (Å²) in [4.78, 5) is 37.1. The van der Waals surface area contributed by atoms with Gasteiger partial charge in [0.2, 0.25) is 0 Å². The number of carbonyl (C=O) groups excluding carboxylic acids is 3. The minimum absolute atomic E-state index is 0.0338. The van der Waals surface area contributed by atoms with Crippen LogP contribution in [-0.4, -0.2) is 31.1 Å². The monoisotopic (exact) mass is 406 g/mol. The zero-order chi connectivity index (χ0) is 21.7. The number of hydrogen-bond acceptors (Lipinski definition) is 6. The molecule has 3 aromatic carbocycles. The van der Waals surface area contributed by atoms with E-state index in [0.29, 0.717) is 16.3 Å². The number of ether oxygens (including phenoxy) is 3. The fraction of sp³-hybridized carbons (Fsp3) is 0.208. The van der Waals surface area contributed by atoms with Crippen LogP contribution in [0, 0.1) is 0 Å². The third-order valence-corrected chi connectivity index (χ3v) is 4.44. The standard InChI is InChI=1S/C24H22O6/c1-4-28-21(26)14-20(24(27)29-5-2)22-18-12-8-6-10-16(18)17-11-7-9-13-19(17)23(22)30-15(3)25/h6-14H,4-5H2,1-3H3/b20-14+. The molecule has 3 rings (SSSR count). The van der Waals surface area contributed by atoms with Crippen LogP contribution >= 0.6 is 0 Å². The van der Waals surface area contributed by atoms with E-state index in [-0.39, 0.29) is 24.5 Å². The summed E-state index contributed by atoms with van der Waals surface area (Å²) >= 11 is 0. The lowest BCUT2D eigenvalue weighted by Crippen LogP contribution is -2.13. The zero-order valence-corrected chi connectivity index (χ0v) is 17.1. The number of hydrogen-bond donors (Lipinski definition) is 0. The van der Waals surface area contributed by atoms with E-state index < -0.39 is 17.9 Å². The normalized spacial score (nSPS) is 11.4. The first-order chi connectivity index (χ1) is 14.5. The molecule has 6 heteroatoms. The van der Waals surface area contributed by atoms with Gasteiger partial charge in [0.1, 0.15) is 5.75 Å². The Bertz CT molecular complexity index is 1160. The number of fused-ring (bicyclic) bond motifs is 3. The predicted octanol–water partition coefficient (Wildman–Crippen LogP) is 4.43. The van der Waals surface area contributed by atoms with Crippen LogP contribution in [0.4, 0.5) is 0 Å². The summed E-state index contributed by atoms with van der Waals surface area (Å²) in [5, 5.41) is 2.99. The summed E-state index contributed by atoms with van der Waals surface area (Å²) in [6.45, 7) is 4.90. The van der Waals surface area contributed by atoms with E-state index in [0.717, 1.165) is 16.8 Å². The van der Waals surface area contributed by atoms with Gasteiger partial charge in [-0.2, -0.15) is 0 Å². The van der Waals surface area contributed by atoms with E-state index in [9.17, 15) is 14.4 Å². The first-order valence-electron chi connectivity index (χ1n) is 9.65. The summed E-state index contributed by atoms with van der Waals surface area (Å²) in [7, 11) is 0. The van der Waals surface area contributed by atoms with Crippen molar-refractivity contribution in [2.45, 2.75) is 20.8 Å². The van der Waals surface area contributed by atoms with Gasteiger partial charge in [0, 0.05) is 23.9 Å². The van der Waals surface area contributed by atoms with Crippen molar-refractivity contribution >= 4 is 45.0 Å². The van der Waals surface area contributed by atoms with E-state index in [1.54, 1.807) is 19.9 Å². The molecule has 0 spiro atoms. The fourth-order valence-electron chi connectivity index (χ4n) is 3.37. The van der Waals surface area contributed by atoms with Gasteiger partial charge >= 0.3 is 17.9 Å². The van der Waals surface area contributed by atoms with Gasteiger partial charge in [-0.15, -0.1) is 0 Å². The van der Waals surface area contributed by atoms with Gasteiger partial charge in [0.25, 0.3) is 0 Å². The van der Waals surface area contributed by atoms with Crippen molar-refractivity contribution in [3.63, 3.8) is 0 Å². The highest BCUT2D eigenvalue weighted by Crippen LogP contribution is 2.42. The van der Waals surface area contributed by atoms with Gasteiger partial charge in [0.15, 0.2) is 0 Å². The Hall–Kier alpha value is -3.67. The highest BCUT2D eigenvalue weighted by Gasteiger charge is 2.25. The Morgan fingerprint density at radius 1 is 0.800 bits per heavy atom.